The highest BCUT2D eigenvalue weighted by atomic mass is 16.7. The van der Waals surface area contributed by atoms with E-state index in [9.17, 15) is 19.2 Å². The summed E-state index contributed by atoms with van der Waals surface area (Å²) in [6, 6.07) is 4.58. The van der Waals surface area contributed by atoms with Crippen LogP contribution in [0.2, 0.25) is 0 Å². The van der Waals surface area contributed by atoms with Gasteiger partial charge >= 0.3 is 12.0 Å². The Balaban J connectivity index is 1.77. The number of fused-ring (bicyclic) bond motifs is 1. The Morgan fingerprint density at radius 1 is 1.14 bits per heavy atom. The van der Waals surface area contributed by atoms with E-state index in [4.69, 9.17) is 10.6 Å². The molecule has 0 radical (unpaired) electrons. The number of hydrogen-bond acceptors (Lipinski definition) is 5. The van der Waals surface area contributed by atoms with Crippen LogP contribution in [0.5, 0.6) is 0 Å². The highest BCUT2D eigenvalue weighted by Gasteiger charge is 2.42. The van der Waals surface area contributed by atoms with Gasteiger partial charge in [0.05, 0.1) is 11.1 Å². The lowest BCUT2D eigenvalue weighted by Crippen LogP contribution is -2.46. The standard InChI is InChI=1S/C14H13N3O5/c15-14(21)16-7-3-6-10(16)13(20)22-17-11(18)8-4-1-2-5-9(8)12(17)19/h1-2,4-5,10H,3,6-7H2,(H2,15,21)/t10-/m0/s1. The third-order valence-electron chi connectivity index (χ3n) is 3.75. The number of nitrogens with zero attached hydrogens (tertiary/aromatic N) is 2. The molecule has 2 aliphatic heterocycles. The van der Waals surface area contributed by atoms with E-state index in [2.05, 4.69) is 0 Å². The predicted molar refractivity (Wildman–Crippen MR) is 72.3 cm³/mol. The monoisotopic (exact) mass is 303 g/mol. The number of carbonyl (C=O) groups is 4. The molecule has 3 rings (SSSR count). The molecular weight excluding hydrogens is 290 g/mol. The maximum Gasteiger partial charge on any atom is 0.355 e. The molecule has 1 aromatic carbocycles. The fourth-order valence-electron chi connectivity index (χ4n) is 2.68. The zero-order chi connectivity index (χ0) is 15.9. The van der Waals surface area contributed by atoms with Crippen LogP contribution in [-0.4, -0.2) is 46.4 Å². The van der Waals surface area contributed by atoms with Gasteiger partial charge in [0, 0.05) is 6.54 Å². The quantitative estimate of drug-likeness (QED) is 0.789. The van der Waals surface area contributed by atoms with Crippen LogP contribution in [0.3, 0.4) is 0 Å². The maximum atomic E-state index is 12.1. The molecule has 1 atom stereocenters. The molecule has 0 bridgehead atoms. The van der Waals surface area contributed by atoms with Gasteiger partial charge in [0.1, 0.15) is 6.04 Å². The van der Waals surface area contributed by atoms with Gasteiger partial charge < -0.3 is 15.5 Å². The predicted octanol–water partition coefficient (Wildman–Crippen LogP) is 0.284. The number of hydrogen-bond donors (Lipinski definition) is 1. The van der Waals surface area contributed by atoms with Gasteiger partial charge in [-0.05, 0) is 25.0 Å². The van der Waals surface area contributed by atoms with Crippen LogP contribution in [0.4, 0.5) is 4.79 Å². The summed E-state index contributed by atoms with van der Waals surface area (Å²) in [5.74, 6) is -2.24. The second-order valence-electron chi connectivity index (χ2n) is 5.05. The highest BCUT2D eigenvalue weighted by molar-refractivity contribution is 6.20. The first-order valence-electron chi connectivity index (χ1n) is 6.76. The molecule has 1 saturated heterocycles. The molecule has 1 aromatic rings. The molecule has 4 amide bonds. The van der Waals surface area contributed by atoms with Crippen LogP contribution < -0.4 is 5.73 Å². The summed E-state index contributed by atoms with van der Waals surface area (Å²) in [4.78, 5) is 53.7. The van der Waals surface area contributed by atoms with E-state index in [-0.39, 0.29) is 11.1 Å². The van der Waals surface area contributed by atoms with Crippen molar-refractivity contribution in [1.82, 2.24) is 9.96 Å². The molecule has 114 valence electrons. The molecule has 8 heteroatoms. The Hall–Kier alpha value is -2.90. The average Bonchev–Trinajstić information content (AvgIpc) is 3.08. The zero-order valence-corrected chi connectivity index (χ0v) is 11.5. The van der Waals surface area contributed by atoms with E-state index in [0.717, 1.165) is 0 Å². The van der Waals surface area contributed by atoms with Crippen molar-refractivity contribution in [3.05, 3.63) is 35.4 Å². The smallest absolute Gasteiger partial charge is 0.351 e. The summed E-state index contributed by atoms with van der Waals surface area (Å²) >= 11 is 0. The molecule has 0 aliphatic carbocycles. The summed E-state index contributed by atoms with van der Waals surface area (Å²) in [7, 11) is 0. The van der Waals surface area contributed by atoms with Crippen LogP contribution in [0.15, 0.2) is 24.3 Å². The summed E-state index contributed by atoms with van der Waals surface area (Å²) in [6.07, 6.45) is 0.982. The summed E-state index contributed by atoms with van der Waals surface area (Å²) < 4.78 is 0. The lowest BCUT2D eigenvalue weighted by Gasteiger charge is -2.22. The van der Waals surface area contributed by atoms with Crippen molar-refractivity contribution >= 4 is 23.8 Å². The molecule has 2 aliphatic rings. The van der Waals surface area contributed by atoms with Crippen LogP contribution in [-0.2, 0) is 9.63 Å². The van der Waals surface area contributed by atoms with Gasteiger partial charge in [0.2, 0.25) is 0 Å². The van der Waals surface area contributed by atoms with Crippen molar-refractivity contribution in [2.75, 3.05) is 6.54 Å². The minimum absolute atomic E-state index is 0.179. The molecule has 2 heterocycles. The summed E-state index contributed by atoms with van der Waals surface area (Å²) in [5.41, 5.74) is 5.55. The minimum atomic E-state index is -0.873. The molecule has 1 fully saturated rings. The average molecular weight is 303 g/mol. The van der Waals surface area contributed by atoms with E-state index in [1.54, 1.807) is 12.1 Å². The van der Waals surface area contributed by atoms with Gasteiger partial charge in [-0.1, -0.05) is 17.2 Å². The van der Waals surface area contributed by atoms with Crippen molar-refractivity contribution in [3.63, 3.8) is 0 Å². The van der Waals surface area contributed by atoms with Gasteiger partial charge in [-0.25, -0.2) is 9.59 Å². The topological polar surface area (TPSA) is 110 Å². The summed E-state index contributed by atoms with van der Waals surface area (Å²) in [5, 5.41) is 0.435. The number of primary amides is 1. The van der Waals surface area contributed by atoms with E-state index in [1.165, 1.54) is 17.0 Å². The van der Waals surface area contributed by atoms with Crippen molar-refractivity contribution in [2.24, 2.45) is 5.73 Å². The lowest BCUT2D eigenvalue weighted by atomic mass is 10.1. The normalized spacial score (nSPS) is 20.3. The number of imide groups is 1. The van der Waals surface area contributed by atoms with E-state index < -0.39 is 29.9 Å². The number of urea groups is 1. The second-order valence-corrected chi connectivity index (χ2v) is 5.05. The second kappa shape index (κ2) is 5.14. The fourth-order valence-corrected chi connectivity index (χ4v) is 2.68. The van der Waals surface area contributed by atoms with E-state index in [0.29, 0.717) is 24.4 Å². The first-order valence-corrected chi connectivity index (χ1v) is 6.76. The Bertz CT molecular complexity index is 652. The van der Waals surface area contributed by atoms with E-state index >= 15 is 0 Å². The van der Waals surface area contributed by atoms with Crippen LogP contribution in [0.1, 0.15) is 33.6 Å². The largest absolute Gasteiger partial charge is 0.355 e. The van der Waals surface area contributed by atoms with Crippen LogP contribution in [0, 0.1) is 0 Å². The minimum Gasteiger partial charge on any atom is -0.351 e. The Morgan fingerprint density at radius 2 is 1.73 bits per heavy atom. The number of nitrogens with two attached hydrogens (primary N) is 1. The molecule has 0 spiro atoms. The SMILES string of the molecule is NC(=O)N1CCC[C@H]1C(=O)ON1C(=O)c2ccccc2C1=O. The number of amides is 4. The molecule has 2 N–H and O–H groups in total. The number of rotatable bonds is 2. The Morgan fingerprint density at radius 3 is 2.27 bits per heavy atom. The third-order valence-corrected chi connectivity index (χ3v) is 3.75. The number of likely N-dealkylation sites (tertiary alicyclic amines) is 1. The number of benzene rings is 1. The highest BCUT2D eigenvalue weighted by Crippen LogP contribution is 2.24. The van der Waals surface area contributed by atoms with E-state index in [1.807, 2.05) is 0 Å². The molecule has 0 aromatic heterocycles. The lowest BCUT2D eigenvalue weighted by molar-refractivity contribution is -0.173. The van der Waals surface area contributed by atoms with Gasteiger partial charge in [-0.3, -0.25) is 9.59 Å². The third kappa shape index (κ3) is 2.09. The van der Waals surface area contributed by atoms with Crippen molar-refractivity contribution in [3.8, 4) is 0 Å². The molecule has 8 nitrogen and oxygen atoms in total. The molecule has 22 heavy (non-hydrogen) atoms. The van der Waals surface area contributed by atoms with Crippen LogP contribution in [0.25, 0.3) is 0 Å². The number of carbonyl (C=O) groups excluding carboxylic acids is 4. The first kappa shape index (κ1) is 14.1. The van der Waals surface area contributed by atoms with Gasteiger partial charge in [-0.15, -0.1) is 0 Å². The Labute approximate surface area is 125 Å². The summed E-state index contributed by atoms with van der Waals surface area (Å²) in [6.45, 7) is 0.344. The van der Waals surface area contributed by atoms with Crippen LogP contribution >= 0.6 is 0 Å². The van der Waals surface area contributed by atoms with Crippen molar-refractivity contribution in [2.45, 2.75) is 18.9 Å². The fraction of sp³-hybridized carbons (Fsp3) is 0.286. The van der Waals surface area contributed by atoms with Crippen molar-refractivity contribution in [1.29, 1.82) is 0 Å². The van der Waals surface area contributed by atoms with Gasteiger partial charge in [0.25, 0.3) is 11.8 Å². The number of hydroxylamine groups is 2. The Kier molecular flexibility index (Phi) is 3.28. The molecule has 0 unspecified atom stereocenters. The van der Waals surface area contributed by atoms with Gasteiger partial charge in [-0.2, -0.15) is 0 Å². The molecule has 0 saturated carbocycles. The van der Waals surface area contributed by atoms with Crippen molar-refractivity contribution < 1.29 is 24.0 Å². The first-order chi connectivity index (χ1) is 10.5. The van der Waals surface area contributed by atoms with Gasteiger partial charge in [0.15, 0.2) is 0 Å². The maximum absolute atomic E-state index is 12.1. The zero-order valence-electron chi connectivity index (χ0n) is 11.5. The molecular formula is C14H13N3O5.